The van der Waals surface area contributed by atoms with Gasteiger partial charge in [0.2, 0.25) is 0 Å². The van der Waals surface area contributed by atoms with E-state index in [1.807, 2.05) is 50.2 Å². The molecule has 0 fully saturated rings. The molecule has 0 spiro atoms. The maximum atomic E-state index is 12.2. The van der Waals surface area contributed by atoms with Crippen LogP contribution in [-0.2, 0) is 4.79 Å². The third kappa shape index (κ3) is 4.66. The Hall–Kier alpha value is -2.40. The van der Waals surface area contributed by atoms with E-state index < -0.39 is 0 Å². The number of hydrogen-bond donors (Lipinski definition) is 1. The van der Waals surface area contributed by atoms with Crippen molar-refractivity contribution in [3.63, 3.8) is 0 Å². The first kappa shape index (κ1) is 19.4. The Morgan fingerprint density at radius 1 is 1.33 bits per heavy atom. The molecule has 1 unspecified atom stereocenters. The van der Waals surface area contributed by atoms with Gasteiger partial charge in [-0.2, -0.15) is 5.10 Å². The average molecular weight is 427 g/mol. The quantitative estimate of drug-likeness (QED) is 0.514. The molecule has 0 radical (unpaired) electrons. The van der Waals surface area contributed by atoms with Crippen LogP contribution in [0.2, 0.25) is 0 Å². The van der Waals surface area contributed by atoms with Gasteiger partial charge in [-0.15, -0.1) is 0 Å². The molecule has 4 nitrogen and oxygen atoms in total. The molecule has 0 saturated heterocycles. The predicted octanol–water partition coefficient (Wildman–Crippen LogP) is 5.39. The smallest absolute Gasteiger partial charge is 0.277 e. The highest BCUT2D eigenvalue weighted by atomic mass is 79.9. The van der Waals surface area contributed by atoms with Crippen LogP contribution in [0, 0.1) is 5.92 Å². The van der Waals surface area contributed by atoms with Gasteiger partial charge in [0, 0.05) is 0 Å². The lowest BCUT2D eigenvalue weighted by Gasteiger charge is -2.22. The maximum absolute atomic E-state index is 12.2. The number of rotatable bonds is 5. The molecule has 1 N–H and O–H groups in total. The minimum absolute atomic E-state index is 0.0968. The highest BCUT2D eigenvalue weighted by Crippen LogP contribution is 2.33. The SMILES string of the molecule is C=C(C)C1CC=C(C)C(=NNC(=O)COc2ccc3ccccc3c2Br)C1. The second-order valence-electron chi connectivity index (χ2n) is 6.85. The van der Waals surface area contributed by atoms with E-state index in [0.717, 1.165) is 44.9 Å². The molecule has 2 aromatic rings. The maximum Gasteiger partial charge on any atom is 0.277 e. The molecular formula is C22H23BrN2O2. The topological polar surface area (TPSA) is 50.7 Å². The van der Waals surface area contributed by atoms with E-state index in [2.05, 4.69) is 39.1 Å². The van der Waals surface area contributed by atoms with Crippen LogP contribution in [0.3, 0.4) is 0 Å². The summed E-state index contributed by atoms with van der Waals surface area (Å²) in [6.07, 6.45) is 3.93. The molecule has 0 heterocycles. The van der Waals surface area contributed by atoms with Crippen molar-refractivity contribution < 1.29 is 9.53 Å². The molecule has 1 amide bonds. The monoisotopic (exact) mass is 426 g/mol. The third-order valence-electron chi connectivity index (χ3n) is 4.80. The summed E-state index contributed by atoms with van der Waals surface area (Å²) in [5.41, 5.74) is 5.75. The Morgan fingerprint density at radius 2 is 2.11 bits per heavy atom. The van der Waals surface area contributed by atoms with E-state index in [4.69, 9.17) is 4.74 Å². The van der Waals surface area contributed by atoms with Crippen molar-refractivity contribution in [1.29, 1.82) is 0 Å². The summed E-state index contributed by atoms with van der Waals surface area (Å²) in [7, 11) is 0. The zero-order chi connectivity index (χ0) is 19.4. The summed E-state index contributed by atoms with van der Waals surface area (Å²) in [5.74, 6) is 0.731. The van der Waals surface area contributed by atoms with Crippen molar-refractivity contribution in [2.24, 2.45) is 11.0 Å². The predicted molar refractivity (Wildman–Crippen MR) is 114 cm³/mol. The molecule has 27 heavy (non-hydrogen) atoms. The molecule has 0 saturated carbocycles. The Bertz CT molecular complexity index is 946. The Morgan fingerprint density at radius 3 is 2.89 bits per heavy atom. The number of carbonyl (C=O) groups excluding carboxylic acids is 1. The van der Waals surface area contributed by atoms with Crippen LogP contribution in [0.1, 0.15) is 26.7 Å². The Labute approximate surface area is 168 Å². The first-order valence-electron chi connectivity index (χ1n) is 8.93. The van der Waals surface area contributed by atoms with Crippen molar-refractivity contribution in [1.82, 2.24) is 5.43 Å². The average Bonchev–Trinajstić information content (AvgIpc) is 2.67. The molecule has 1 aliphatic rings. The van der Waals surface area contributed by atoms with E-state index in [1.54, 1.807) is 0 Å². The van der Waals surface area contributed by atoms with Gasteiger partial charge in [-0.1, -0.05) is 48.6 Å². The van der Waals surface area contributed by atoms with Crippen LogP contribution in [0.4, 0.5) is 0 Å². The van der Waals surface area contributed by atoms with Gasteiger partial charge in [0.25, 0.3) is 5.91 Å². The van der Waals surface area contributed by atoms with Gasteiger partial charge in [0.1, 0.15) is 5.75 Å². The third-order valence-corrected chi connectivity index (χ3v) is 5.62. The summed E-state index contributed by atoms with van der Waals surface area (Å²) in [6.45, 7) is 7.98. The lowest BCUT2D eigenvalue weighted by atomic mass is 9.85. The molecule has 1 aliphatic carbocycles. The summed E-state index contributed by atoms with van der Waals surface area (Å²) in [6, 6.07) is 11.8. The minimum atomic E-state index is -0.284. The van der Waals surface area contributed by atoms with Gasteiger partial charge in [-0.25, -0.2) is 5.43 Å². The van der Waals surface area contributed by atoms with Crippen LogP contribution in [0.15, 0.2) is 69.8 Å². The normalized spacial score (nSPS) is 18.3. The van der Waals surface area contributed by atoms with Crippen molar-refractivity contribution in [2.45, 2.75) is 26.7 Å². The minimum Gasteiger partial charge on any atom is -0.483 e. The number of nitrogens with zero attached hydrogens (tertiary/aromatic N) is 1. The van der Waals surface area contributed by atoms with Gasteiger partial charge in [0.05, 0.1) is 10.2 Å². The highest BCUT2D eigenvalue weighted by Gasteiger charge is 2.19. The summed E-state index contributed by atoms with van der Waals surface area (Å²) < 4.78 is 6.52. The van der Waals surface area contributed by atoms with Crippen molar-refractivity contribution in [3.05, 3.63) is 64.7 Å². The first-order chi connectivity index (χ1) is 13.0. The number of fused-ring (bicyclic) bond motifs is 1. The molecule has 1 atom stereocenters. The van der Waals surface area contributed by atoms with Gasteiger partial charge < -0.3 is 4.74 Å². The number of halogens is 1. The van der Waals surface area contributed by atoms with Crippen LogP contribution in [0.5, 0.6) is 5.75 Å². The molecule has 0 aliphatic heterocycles. The molecule has 0 bridgehead atoms. The lowest BCUT2D eigenvalue weighted by molar-refractivity contribution is -0.123. The van der Waals surface area contributed by atoms with Gasteiger partial charge in [-0.3, -0.25) is 4.79 Å². The highest BCUT2D eigenvalue weighted by molar-refractivity contribution is 9.10. The van der Waals surface area contributed by atoms with E-state index in [0.29, 0.717) is 11.7 Å². The fourth-order valence-corrected chi connectivity index (χ4v) is 3.66. The van der Waals surface area contributed by atoms with E-state index in [-0.39, 0.29) is 12.5 Å². The number of hydrazone groups is 1. The number of amides is 1. The van der Waals surface area contributed by atoms with E-state index >= 15 is 0 Å². The number of benzene rings is 2. The molecule has 2 aromatic carbocycles. The molecule has 3 rings (SSSR count). The van der Waals surface area contributed by atoms with Crippen molar-refractivity contribution in [3.8, 4) is 5.75 Å². The standard InChI is InChI=1S/C22H23BrN2O2/c1-14(2)17-9-8-15(3)19(12-17)24-25-21(26)13-27-20-11-10-16-6-4-5-7-18(16)22(20)23/h4-8,10-11,17H,1,9,12-13H2,2-3H3,(H,25,26). The van der Waals surface area contributed by atoms with E-state index in [1.165, 1.54) is 0 Å². The van der Waals surface area contributed by atoms with Crippen LogP contribution in [0.25, 0.3) is 10.8 Å². The van der Waals surface area contributed by atoms with Crippen LogP contribution >= 0.6 is 15.9 Å². The summed E-state index contributed by atoms with van der Waals surface area (Å²) in [4.78, 5) is 12.2. The second-order valence-corrected chi connectivity index (χ2v) is 7.64. The largest absolute Gasteiger partial charge is 0.483 e. The lowest BCUT2D eigenvalue weighted by Crippen LogP contribution is -2.27. The number of nitrogens with one attached hydrogen (secondary N) is 1. The zero-order valence-corrected chi connectivity index (χ0v) is 17.2. The van der Waals surface area contributed by atoms with Gasteiger partial charge >= 0.3 is 0 Å². The Kier molecular flexibility index (Phi) is 6.11. The zero-order valence-electron chi connectivity index (χ0n) is 15.6. The van der Waals surface area contributed by atoms with Gasteiger partial charge in [0.15, 0.2) is 6.61 Å². The fourth-order valence-electron chi connectivity index (χ4n) is 3.05. The number of hydrogen-bond acceptors (Lipinski definition) is 3. The molecular weight excluding hydrogens is 404 g/mol. The number of allylic oxidation sites excluding steroid dienone is 3. The van der Waals surface area contributed by atoms with E-state index in [9.17, 15) is 4.79 Å². The van der Waals surface area contributed by atoms with Crippen molar-refractivity contribution >= 4 is 38.3 Å². The summed E-state index contributed by atoms with van der Waals surface area (Å²) >= 11 is 3.56. The molecule has 0 aromatic heterocycles. The van der Waals surface area contributed by atoms with Gasteiger partial charge in [-0.05, 0) is 70.9 Å². The number of carbonyl (C=O) groups is 1. The fraction of sp³-hybridized carbons (Fsp3) is 0.273. The second kappa shape index (κ2) is 8.53. The Balaban J connectivity index is 1.62. The van der Waals surface area contributed by atoms with Crippen molar-refractivity contribution in [2.75, 3.05) is 6.61 Å². The molecule has 140 valence electrons. The van der Waals surface area contributed by atoms with Crippen LogP contribution in [-0.4, -0.2) is 18.2 Å². The first-order valence-corrected chi connectivity index (χ1v) is 9.73. The summed E-state index contributed by atoms with van der Waals surface area (Å²) in [5, 5.41) is 6.45. The number of ether oxygens (including phenoxy) is 1. The molecule has 5 heteroatoms. The van der Waals surface area contributed by atoms with Crippen LogP contribution < -0.4 is 10.2 Å².